The molecule has 0 saturated carbocycles. The Morgan fingerprint density at radius 3 is 2.52 bits per heavy atom. The van der Waals surface area contributed by atoms with Crippen LogP contribution in [-0.4, -0.2) is 22.4 Å². The third-order valence-electron chi connectivity index (χ3n) is 4.01. The van der Waals surface area contributed by atoms with E-state index in [1.807, 2.05) is 17.9 Å². The van der Waals surface area contributed by atoms with Gasteiger partial charge in [0.25, 0.3) is 0 Å². The van der Waals surface area contributed by atoms with E-state index in [9.17, 15) is 0 Å². The second kappa shape index (κ2) is 6.90. The average molecular weight is 285 g/mol. The Balaban J connectivity index is 1.80. The van der Waals surface area contributed by atoms with Crippen molar-refractivity contribution < 1.29 is 0 Å². The van der Waals surface area contributed by atoms with Gasteiger partial charge in [0, 0.05) is 32.3 Å². The predicted molar refractivity (Wildman–Crippen MR) is 88.5 cm³/mol. The van der Waals surface area contributed by atoms with Crippen molar-refractivity contribution >= 4 is 0 Å². The standard InChI is InChI=1S/C18H27N3/c1-15(19-12-10-17-11-13-21(4)20-17)14-18(2,3)16-8-6-5-7-9-16/h5-9,11,13,15,19H,10,12,14H2,1-4H3. The highest BCUT2D eigenvalue weighted by Crippen LogP contribution is 2.27. The van der Waals surface area contributed by atoms with Gasteiger partial charge in [-0.15, -0.1) is 0 Å². The zero-order chi connectivity index (χ0) is 15.3. The van der Waals surface area contributed by atoms with E-state index < -0.39 is 0 Å². The van der Waals surface area contributed by atoms with Gasteiger partial charge in [-0.25, -0.2) is 0 Å². The van der Waals surface area contributed by atoms with Gasteiger partial charge in [-0.1, -0.05) is 44.2 Å². The van der Waals surface area contributed by atoms with E-state index in [1.165, 1.54) is 5.56 Å². The summed E-state index contributed by atoms with van der Waals surface area (Å²) in [5.74, 6) is 0. The second-order valence-corrected chi connectivity index (χ2v) is 6.54. The lowest BCUT2D eigenvalue weighted by Gasteiger charge is -2.29. The normalized spacial score (nSPS) is 13.3. The zero-order valence-electron chi connectivity index (χ0n) is 13.6. The summed E-state index contributed by atoms with van der Waals surface area (Å²) >= 11 is 0. The van der Waals surface area contributed by atoms with E-state index in [1.54, 1.807) is 0 Å². The molecule has 3 heteroatoms. The smallest absolute Gasteiger partial charge is 0.0637 e. The number of nitrogens with zero attached hydrogens (tertiary/aromatic N) is 2. The highest BCUT2D eigenvalue weighted by Gasteiger charge is 2.22. The summed E-state index contributed by atoms with van der Waals surface area (Å²) in [5, 5.41) is 8.02. The number of nitrogens with one attached hydrogen (secondary N) is 1. The molecule has 1 aromatic heterocycles. The minimum Gasteiger partial charge on any atom is -0.314 e. The lowest BCUT2D eigenvalue weighted by Crippen LogP contribution is -2.34. The number of hydrogen-bond donors (Lipinski definition) is 1. The van der Waals surface area contributed by atoms with Gasteiger partial charge >= 0.3 is 0 Å². The molecule has 2 rings (SSSR count). The number of aryl methyl sites for hydroxylation is 1. The monoisotopic (exact) mass is 285 g/mol. The first kappa shape index (κ1) is 15.8. The molecule has 0 radical (unpaired) electrons. The summed E-state index contributed by atoms with van der Waals surface area (Å²) in [6.07, 6.45) is 4.10. The largest absolute Gasteiger partial charge is 0.314 e. The van der Waals surface area contributed by atoms with Crippen molar-refractivity contribution in [3.05, 3.63) is 53.9 Å². The lowest BCUT2D eigenvalue weighted by atomic mass is 9.79. The molecule has 1 heterocycles. The van der Waals surface area contributed by atoms with Crippen LogP contribution in [-0.2, 0) is 18.9 Å². The fourth-order valence-electron chi connectivity index (χ4n) is 2.89. The van der Waals surface area contributed by atoms with Crippen molar-refractivity contribution in [2.24, 2.45) is 7.05 Å². The molecule has 0 fully saturated rings. The van der Waals surface area contributed by atoms with Crippen molar-refractivity contribution in [1.29, 1.82) is 0 Å². The molecule has 2 aromatic rings. The van der Waals surface area contributed by atoms with Crippen molar-refractivity contribution in [3.8, 4) is 0 Å². The van der Waals surface area contributed by atoms with Gasteiger partial charge in [-0.2, -0.15) is 5.10 Å². The van der Waals surface area contributed by atoms with Crippen LogP contribution >= 0.6 is 0 Å². The van der Waals surface area contributed by atoms with Crippen LogP contribution < -0.4 is 5.32 Å². The summed E-state index contributed by atoms with van der Waals surface area (Å²) in [4.78, 5) is 0. The third kappa shape index (κ3) is 4.71. The van der Waals surface area contributed by atoms with Gasteiger partial charge in [0.1, 0.15) is 0 Å². The maximum atomic E-state index is 4.41. The predicted octanol–water partition coefficient (Wildman–Crippen LogP) is 3.31. The van der Waals surface area contributed by atoms with Crippen molar-refractivity contribution in [2.75, 3.05) is 6.54 Å². The van der Waals surface area contributed by atoms with Crippen LogP contribution in [0.25, 0.3) is 0 Å². The van der Waals surface area contributed by atoms with Gasteiger partial charge in [0.15, 0.2) is 0 Å². The first-order valence-corrected chi connectivity index (χ1v) is 7.75. The second-order valence-electron chi connectivity index (χ2n) is 6.54. The van der Waals surface area contributed by atoms with Crippen LogP contribution in [0.15, 0.2) is 42.6 Å². The Morgan fingerprint density at radius 1 is 1.19 bits per heavy atom. The van der Waals surface area contributed by atoms with Gasteiger partial charge < -0.3 is 5.32 Å². The zero-order valence-corrected chi connectivity index (χ0v) is 13.6. The molecule has 0 saturated heterocycles. The Morgan fingerprint density at radius 2 is 1.90 bits per heavy atom. The Bertz CT molecular complexity index is 543. The number of aromatic nitrogens is 2. The van der Waals surface area contributed by atoms with Crippen molar-refractivity contribution in [2.45, 2.75) is 45.1 Å². The van der Waals surface area contributed by atoms with E-state index in [0.29, 0.717) is 6.04 Å². The molecule has 1 aromatic carbocycles. The van der Waals surface area contributed by atoms with Crippen LogP contribution in [0.5, 0.6) is 0 Å². The first-order valence-electron chi connectivity index (χ1n) is 7.75. The molecule has 21 heavy (non-hydrogen) atoms. The number of hydrogen-bond acceptors (Lipinski definition) is 2. The molecule has 1 unspecified atom stereocenters. The van der Waals surface area contributed by atoms with Crippen molar-refractivity contribution in [3.63, 3.8) is 0 Å². The third-order valence-corrected chi connectivity index (χ3v) is 4.01. The first-order chi connectivity index (χ1) is 9.97. The molecular weight excluding hydrogens is 258 g/mol. The summed E-state index contributed by atoms with van der Waals surface area (Å²) < 4.78 is 1.86. The molecular formula is C18H27N3. The van der Waals surface area contributed by atoms with E-state index in [0.717, 1.165) is 25.1 Å². The van der Waals surface area contributed by atoms with Gasteiger partial charge in [0.2, 0.25) is 0 Å². The Kier molecular flexibility index (Phi) is 5.18. The van der Waals surface area contributed by atoms with Gasteiger partial charge in [-0.3, -0.25) is 4.68 Å². The molecule has 0 aliphatic heterocycles. The Hall–Kier alpha value is -1.61. The summed E-state index contributed by atoms with van der Waals surface area (Å²) in [7, 11) is 1.96. The highest BCUT2D eigenvalue weighted by molar-refractivity contribution is 5.23. The highest BCUT2D eigenvalue weighted by atomic mass is 15.2. The molecule has 3 nitrogen and oxygen atoms in total. The van der Waals surface area contributed by atoms with E-state index >= 15 is 0 Å². The Labute approximate surface area is 128 Å². The van der Waals surface area contributed by atoms with E-state index in [2.05, 4.69) is 67.6 Å². The van der Waals surface area contributed by atoms with Crippen LogP contribution in [0, 0.1) is 0 Å². The van der Waals surface area contributed by atoms with E-state index in [-0.39, 0.29) is 5.41 Å². The summed E-state index contributed by atoms with van der Waals surface area (Å²) in [5.41, 5.74) is 2.75. The molecule has 0 amide bonds. The maximum Gasteiger partial charge on any atom is 0.0637 e. The lowest BCUT2D eigenvalue weighted by molar-refractivity contribution is 0.390. The van der Waals surface area contributed by atoms with Crippen LogP contribution in [0.2, 0.25) is 0 Å². The molecule has 1 N–H and O–H groups in total. The fourth-order valence-corrected chi connectivity index (χ4v) is 2.89. The molecule has 1 atom stereocenters. The molecule has 0 aliphatic carbocycles. The van der Waals surface area contributed by atoms with Gasteiger partial charge in [0.05, 0.1) is 5.69 Å². The quantitative estimate of drug-likeness (QED) is 0.846. The minimum atomic E-state index is 0.193. The average Bonchev–Trinajstić information content (AvgIpc) is 2.85. The number of rotatable bonds is 7. The molecule has 0 spiro atoms. The topological polar surface area (TPSA) is 29.9 Å². The molecule has 0 aliphatic rings. The fraction of sp³-hybridized carbons (Fsp3) is 0.500. The molecule has 0 bridgehead atoms. The van der Waals surface area contributed by atoms with E-state index in [4.69, 9.17) is 0 Å². The van der Waals surface area contributed by atoms with Crippen LogP contribution in [0.4, 0.5) is 0 Å². The van der Waals surface area contributed by atoms with Crippen LogP contribution in [0.3, 0.4) is 0 Å². The SMILES string of the molecule is CC(CC(C)(C)c1ccccc1)NCCc1ccn(C)n1. The maximum absolute atomic E-state index is 4.41. The summed E-state index contributed by atoms with van der Waals surface area (Å²) in [6.45, 7) is 7.88. The van der Waals surface area contributed by atoms with Crippen LogP contribution in [0.1, 0.15) is 38.4 Å². The minimum absolute atomic E-state index is 0.193. The van der Waals surface area contributed by atoms with Crippen molar-refractivity contribution in [1.82, 2.24) is 15.1 Å². The molecule has 114 valence electrons. The number of benzene rings is 1. The van der Waals surface area contributed by atoms with Gasteiger partial charge in [-0.05, 0) is 30.4 Å². The summed E-state index contributed by atoms with van der Waals surface area (Å²) in [6, 6.07) is 13.3.